The number of carbonyl (C=O) groups is 4. The number of piperidine rings is 1. The molecule has 2 heterocycles. The average Bonchev–Trinajstić information content (AvgIpc) is 3.04. The lowest BCUT2D eigenvalue weighted by molar-refractivity contribution is -0.131. The fourth-order valence-electron chi connectivity index (χ4n) is 4.85. The van der Waals surface area contributed by atoms with Crippen molar-refractivity contribution in [3.8, 4) is 0 Å². The highest BCUT2D eigenvalue weighted by atomic mass is 35.5. The fourth-order valence-corrected chi connectivity index (χ4v) is 5.01. The lowest BCUT2D eigenvalue weighted by Gasteiger charge is -2.32. The van der Waals surface area contributed by atoms with E-state index in [0.29, 0.717) is 54.9 Å². The Hall–Kier alpha value is -2.41. The zero-order valence-electron chi connectivity index (χ0n) is 17.6. The van der Waals surface area contributed by atoms with Gasteiger partial charge < -0.3 is 10.2 Å². The van der Waals surface area contributed by atoms with Gasteiger partial charge in [0.1, 0.15) is 0 Å². The Morgan fingerprint density at radius 3 is 2.32 bits per heavy atom. The molecule has 2 aliphatic heterocycles. The number of carbonyl (C=O) groups excluding carboxylic acids is 4. The second kappa shape index (κ2) is 9.39. The molecule has 7 nitrogen and oxygen atoms in total. The first kappa shape index (κ1) is 21.8. The van der Waals surface area contributed by atoms with Crippen LogP contribution in [0.1, 0.15) is 82.4 Å². The van der Waals surface area contributed by atoms with E-state index in [-0.39, 0.29) is 35.7 Å². The highest BCUT2D eigenvalue weighted by molar-refractivity contribution is 6.22. The first-order valence-electron chi connectivity index (χ1n) is 11.2. The predicted octanol–water partition coefficient (Wildman–Crippen LogP) is 2.97. The topological polar surface area (TPSA) is 86.8 Å². The van der Waals surface area contributed by atoms with Crippen LogP contribution in [-0.4, -0.2) is 64.5 Å². The Bertz CT molecular complexity index is 889. The maximum Gasteiger partial charge on any atom is 0.261 e. The van der Waals surface area contributed by atoms with Crippen molar-refractivity contribution in [2.75, 3.05) is 19.0 Å². The van der Waals surface area contributed by atoms with Crippen LogP contribution >= 0.6 is 11.6 Å². The minimum Gasteiger partial charge on any atom is -0.349 e. The summed E-state index contributed by atoms with van der Waals surface area (Å²) in [6.45, 7) is 1.18. The zero-order chi connectivity index (χ0) is 22.0. The first-order valence-corrected chi connectivity index (χ1v) is 11.7. The molecule has 1 aromatic carbocycles. The monoisotopic (exact) mass is 445 g/mol. The van der Waals surface area contributed by atoms with Crippen molar-refractivity contribution in [1.82, 2.24) is 15.1 Å². The molecule has 1 saturated heterocycles. The zero-order valence-corrected chi connectivity index (χ0v) is 18.3. The van der Waals surface area contributed by atoms with E-state index in [2.05, 4.69) is 5.32 Å². The van der Waals surface area contributed by atoms with E-state index >= 15 is 0 Å². The summed E-state index contributed by atoms with van der Waals surface area (Å²) in [5, 5.41) is 3.01. The molecule has 1 aliphatic carbocycles. The van der Waals surface area contributed by atoms with Crippen molar-refractivity contribution in [2.45, 2.75) is 63.5 Å². The molecule has 0 spiro atoms. The van der Waals surface area contributed by atoms with Crippen LogP contribution in [0.2, 0.25) is 0 Å². The number of hydrogen-bond acceptors (Lipinski definition) is 4. The van der Waals surface area contributed by atoms with Crippen LogP contribution in [0.4, 0.5) is 0 Å². The van der Waals surface area contributed by atoms with Crippen LogP contribution in [0.25, 0.3) is 0 Å². The van der Waals surface area contributed by atoms with E-state index in [4.69, 9.17) is 11.6 Å². The van der Waals surface area contributed by atoms with Gasteiger partial charge in [-0.25, -0.2) is 0 Å². The second-order valence-electron chi connectivity index (χ2n) is 8.60. The summed E-state index contributed by atoms with van der Waals surface area (Å²) in [6.07, 6.45) is 6.59. The summed E-state index contributed by atoms with van der Waals surface area (Å²) in [5.74, 6) is -0.429. The van der Waals surface area contributed by atoms with E-state index in [1.165, 1.54) is 4.90 Å². The highest BCUT2D eigenvalue weighted by Gasteiger charge is 2.40. The maximum absolute atomic E-state index is 13.0. The Morgan fingerprint density at radius 1 is 0.968 bits per heavy atom. The normalized spacial score (nSPS) is 20.2. The molecular weight excluding hydrogens is 418 g/mol. The van der Waals surface area contributed by atoms with Crippen LogP contribution < -0.4 is 5.32 Å². The minimum absolute atomic E-state index is 0.0307. The van der Waals surface area contributed by atoms with E-state index in [0.717, 1.165) is 32.1 Å². The fraction of sp³-hybridized carbons (Fsp3) is 0.565. The number of likely N-dealkylation sites (tertiary alicyclic amines) is 1. The van der Waals surface area contributed by atoms with Crippen molar-refractivity contribution in [3.63, 3.8) is 0 Å². The van der Waals surface area contributed by atoms with Crippen molar-refractivity contribution >= 4 is 35.2 Å². The average molecular weight is 446 g/mol. The number of hydrogen-bond donors (Lipinski definition) is 1. The van der Waals surface area contributed by atoms with Gasteiger partial charge >= 0.3 is 0 Å². The smallest absolute Gasteiger partial charge is 0.261 e. The molecule has 8 heteroatoms. The predicted molar refractivity (Wildman–Crippen MR) is 116 cm³/mol. The van der Waals surface area contributed by atoms with Crippen LogP contribution in [0.3, 0.4) is 0 Å². The molecule has 1 saturated carbocycles. The molecule has 0 unspecified atom stereocenters. The number of rotatable bonds is 5. The summed E-state index contributed by atoms with van der Waals surface area (Å²) in [7, 11) is 0. The molecule has 31 heavy (non-hydrogen) atoms. The van der Waals surface area contributed by atoms with Crippen molar-refractivity contribution in [2.24, 2.45) is 0 Å². The number of alkyl halides is 1. The molecule has 3 aliphatic rings. The van der Waals surface area contributed by atoms with Gasteiger partial charge in [0.2, 0.25) is 5.91 Å². The summed E-state index contributed by atoms with van der Waals surface area (Å²) in [5.41, 5.74) is 1.09. The quantitative estimate of drug-likeness (QED) is 0.557. The van der Waals surface area contributed by atoms with Gasteiger partial charge in [-0.3, -0.25) is 24.1 Å². The van der Waals surface area contributed by atoms with E-state index in [1.807, 2.05) is 0 Å². The third-order valence-electron chi connectivity index (χ3n) is 6.61. The summed E-state index contributed by atoms with van der Waals surface area (Å²) < 4.78 is 0. The third-order valence-corrected chi connectivity index (χ3v) is 6.80. The van der Waals surface area contributed by atoms with E-state index in [9.17, 15) is 19.2 Å². The Morgan fingerprint density at radius 2 is 1.65 bits per heavy atom. The third kappa shape index (κ3) is 4.47. The van der Waals surface area contributed by atoms with Gasteiger partial charge in [0.15, 0.2) is 0 Å². The van der Waals surface area contributed by atoms with Crippen LogP contribution in [0.5, 0.6) is 0 Å². The largest absolute Gasteiger partial charge is 0.349 e. The van der Waals surface area contributed by atoms with Crippen molar-refractivity contribution < 1.29 is 19.2 Å². The molecule has 1 N–H and O–H groups in total. The van der Waals surface area contributed by atoms with Gasteiger partial charge in [0.25, 0.3) is 17.7 Å². The van der Waals surface area contributed by atoms with Gasteiger partial charge in [-0.05, 0) is 43.9 Å². The number of nitrogens with one attached hydrogen (secondary N) is 1. The molecule has 2 fully saturated rings. The van der Waals surface area contributed by atoms with Gasteiger partial charge in [-0.15, -0.1) is 11.6 Å². The number of fused-ring (bicyclic) bond motifs is 1. The maximum atomic E-state index is 13.0. The van der Waals surface area contributed by atoms with Gasteiger partial charge in [-0.2, -0.15) is 0 Å². The Labute approximate surface area is 187 Å². The van der Waals surface area contributed by atoms with Crippen molar-refractivity contribution in [3.05, 3.63) is 34.9 Å². The molecule has 166 valence electrons. The number of benzene rings is 1. The van der Waals surface area contributed by atoms with E-state index in [1.54, 1.807) is 23.1 Å². The summed E-state index contributed by atoms with van der Waals surface area (Å²) in [6, 6.07) is 4.69. The molecule has 0 bridgehead atoms. The Balaban J connectivity index is 1.39. The van der Waals surface area contributed by atoms with Gasteiger partial charge in [0.05, 0.1) is 11.1 Å². The molecule has 0 aromatic heterocycles. The standard InChI is InChI=1S/C23H28ClN3O4/c24-11-8-20(28)26-12-9-16(10-13-26)25-21(29)15-6-7-18-19(14-15)23(31)27(22(18)30)17-4-2-1-3-5-17/h6-7,14,16-17H,1-5,8-13H2,(H,25,29). The lowest BCUT2D eigenvalue weighted by Crippen LogP contribution is -2.46. The van der Waals surface area contributed by atoms with Crippen LogP contribution in [-0.2, 0) is 4.79 Å². The minimum atomic E-state index is -0.285. The molecule has 4 rings (SSSR count). The number of amides is 4. The SMILES string of the molecule is O=C(NC1CCN(C(=O)CCCl)CC1)c1ccc2c(c1)C(=O)N(C1CCCCC1)C2=O. The number of imide groups is 1. The number of nitrogens with zero attached hydrogens (tertiary/aromatic N) is 2. The molecule has 4 amide bonds. The van der Waals surface area contributed by atoms with Gasteiger partial charge in [0, 0.05) is 43.0 Å². The summed E-state index contributed by atoms with van der Waals surface area (Å²) >= 11 is 5.64. The van der Waals surface area contributed by atoms with Crippen LogP contribution in [0.15, 0.2) is 18.2 Å². The molecule has 0 atom stereocenters. The van der Waals surface area contributed by atoms with Crippen molar-refractivity contribution in [1.29, 1.82) is 0 Å². The Kier molecular flexibility index (Phi) is 6.60. The van der Waals surface area contributed by atoms with Crippen LogP contribution in [0, 0.1) is 0 Å². The lowest BCUT2D eigenvalue weighted by atomic mass is 9.94. The molecule has 1 aromatic rings. The molecular formula is C23H28ClN3O4. The first-order chi connectivity index (χ1) is 15.0. The van der Waals surface area contributed by atoms with Gasteiger partial charge in [-0.1, -0.05) is 19.3 Å². The number of halogens is 1. The van der Waals surface area contributed by atoms with E-state index < -0.39 is 0 Å². The second-order valence-corrected chi connectivity index (χ2v) is 8.98. The molecule has 0 radical (unpaired) electrons. The highest BCUT2D eigenvalue weighted by Crippen LogP contribution is 2.31. The summed E-state index contributed by atoms with van der Waals surface area (Å²) in [4.78, 5) is 53.7.